The molecule has 0 saturated heterocycles. The molecule has 1 aromatic carbocycles. The Morgan fingerprint density at radius 1 is 1.20 bits per heavy atom. The Hall–Kier alpha value is -2.36. The van der Waals surface area contributed by atoms with Crippen LogP contribution in [0.25, 0.3) is 0 Å². The number of ether oxygens (including phenoxy) is 1. The van der Waals surface area contributed by atoms with Crippen LogP contribution in [0.5, 0.6) is 11.6 Å². The fourth-order valence-corrected chi connectivity index (χ4v) is 1.86. The van der Waals surface area contributed by atoms with Gasteiger partial charge in [0.1, 0.15) is 5.75 Å². The minimum absolute atomic E-state index is 0.148. The molecule has 1 aliphatic carbocycles. The summed E-state index contributed by atoms with van der Waals surface area (Å²) in [6.45, 7) is 0.522. The summed E-state index contributed by atoms with van der Waals surface area (Å²) in [6.07, 6.45) is 3.77. The lowest BCUT2D eigenvalue weighted by molar-refractivity contribution is -0.122. The van der Waals surface area contributed by atoms with Gasteiger partial charge in [0, 0.05) is 24.7 Å². The van der Waals surface area contributed by atoms with Crippen LogP contribution in [0.3, 0.4) is 0 Å². The first-order valence-electron chi connectivity index (χ1n) is 6.77. The van der Waals surface area contributed by atoms with Gasteiger partial charge in [-0.1, -0.05) is 24.3 Å². The van der Waals surface area contributed by atoms with E-state index < -0.39 is 0 Å². The van der Waals surface area contributed by atoms with E-state index in [0.29, 0.717) is 12.4 Å². The topological polar surface area (TPSA) is 51.2 Å². The molecule has 1 fully saturated rings. The summed E-state index contributed by atoms with van der Waals surface area (Å²) in [6, 6.07) is 13.3. The molecule has 1 aromatic heterocycles. The molecule has 0 radical (unpaired) electrons. The van der Waals surface area contributed by atoms with Crippen molar-refractivity contribution in [2.45, 2.75) is 19.4 Å². The molecule has 2 aromatic rings. The number of carbonyl (C=O) groups excluding carboxylic acids is 1. The van der Waals surface area contributed by atoms with Crippen molar-refractivity contribution in [2.75, 3.05) is 0 Å². The van der Waals surface area contributed by atoms with Crippen molar-refractivity contribution in [2.24, 2.45) is 5.92 Å². The van der Waals surface area contributed by atoms with E-state index >= 15 is 0 Å². The SMILES string of the molecule is O=C(NCc1ccc(Oc2ccccc2)nc1)C1CC1. The molecule has 1 amide bonds. The number of hydrogen-bond acceptors (Lipinski definition) is 3. The second-order valence-electron chi connectivity index (χ2n) is 4.91. The molecule has 1 saturated carbocycles. The van der Waals surface area contributed by atoms with Crippen LogP contribution in [0.1, 0.15) is 18.4 Å². The smallest absolute Gasteiger partial charge is 0.223 e. The highest BCUT2D eigenvalue weighted by Gasteiger charge is 2.29. The maximum Gasteiger partial charge on any atom is 0.223 e. The lowest BCUT2D eigenvalue weighted by Gasteiger charge is -2.06. The fraction of sp³-hybridized carbons (Fsp3) is 0.250. The molecule has 0 spiro atoms. The van der Waals surface area contributed by atoms with Gasteiger partial charge < -0.3 is 10.1 Å². The van der Waals surface area contributed by atoms with E-state index in [1.807, 2.05) is 42.5 Å². The molecule has 0 unspecified atom stereocenters. The maximum absolute atomic E-state index is 11.5. The van der Waals surface area contributed by atoms with Crippen molar-refractivity contribution in [3.63, 3.8) is 0 Å². The van der Waals surface area contributed by atoms with Gasteiger partial charge in [-0.3, -0.25) is 4.79 Å². The van der Waals surface area contributed by atoms with Gasteiger partial charge in [-0.15, -0.1) is 0 Å². The van der Waals surface area contributed by atoms with Crippen LogP contribution in [-0.2, 0) is 11.3 Å². The zero-order chi connectivity index (χ0) is 13.8. The average molecular weight is 268 g/mol. The highest BCUT2D eigenvalue weighted by molar-refractivity contribution is 5.80. The highest BCUT2D eigenvalue weighted by atomic mass is 16.5. The molecule has 1 N–H and O–H groups in total. The molecule has 4 heteroatoms. The van der Waals surface area contributed by atoms with E-state index in [9.17, 15) is 4.79 Å². The summed E-state index contributed by atoms with van der Waals surface area (Å²) < 4.78 is 5.61. The van der Waals surface area contributed by atoms with Crippen LogP contribution < -0.4 is 10.1 Å². The third-order valence-electron chi connectivity index (χ3n) is 3.18. The zero-order valence-corrected chi connectivity index (χ0v) is 11.1. The third kappa shape index (κ3) is 3.35. The quantitative estimate of drug-likeness (QED) is 0.907. The van der Waals surface area contributed by atoms with Gasteiger partial charge in [-0.05, 0) is 30.5 Å². The van der Waals surface area contributed by atoms with Crippen molar-refractivity contribution in [3.8, 4) is 11.6 Å². The van der Waals surface area contributed by atoms with E-state index in [4.69, 9.17) is 4.74 Å². The van der Waals surface area contributed by atoms with Crippen molar-refractivity contribution >= 4 is 5.91 Å². The lowest BCUT2D eigenvalue weighted by Crippen LogP contribution is -2.24. The Morgan fingerprint density at radius 3 is 2.65 bits per heavy atom. The van der Waals surface area contributed by atoms with Crippen molar-refractivity contribution < 1.29 is 9.53 Å². The van der Waals surface area contributed by atoms with Gasteiger partial charge in [-0.25, -0.2) is 4.98 Å². The predicted octanol–water partition coefficient (Wildman–Crippen LogP) is 2.90. The van der Waals surface area contributed by atoms with Gasteiger partial charge in [0.15, 0.2) is 0 Å². The Labute approximate surface area is 117 Å². The van der Waals surface area contributed by atoms with Crippen LogP contribution in [0.15, 0.2) is 48.7 Å². The van der Waals surface area contributed by atoms with Gasteiger partial charge in [0.05, 0.1) is 0 Å². The number of rotatable bonds is 5. The molecule has 3 rings (SSSR count). The summed E-state index contributed by atoms with van der Waals surface area (Å²) >= 11 is 0. The largest absolute Gasteiger partial charge is 0.439 e. The molecule has 0 bridgehead atoms. The first kappa shape index (κ1) is 12.7. The maximum atomic E-state index is 11.5. The molecule has 1 heterocycles. The summed E-state index contributed by atoms with van der Waals surface area (Å²) in [5, 5.41) is 2.91. The molecular formula is C16H16N2O2. The Balaban J connectivity index is 1.55. The van der Waals surface area contributed by atoms with Crippen molar-refractivity contribution in [1.29, 1.82) is 0 Å². The monoisotopic (exact) mass is 268 g/mol. The van der Waals surface area contributed by atoms with E-state index in [2.05, 4.69) is 10.3 Å². The minimum atomic E-state index is 0.148. The number of carbonyl (C=O) groups is 1. The molecule has 1 aliphatic rings. The normalized spacial score (nSPS) is 13.8. The first-order valence-corrected chi connectivity index (χ1v) is 6.77. The first-order chi connectivity index (χ1) is 9.81. The molecule has 4 nitrogen and oxygen atoms in total. The Kier molecular flexibility index (Phi) is 3.63. The molecule has 0 atom stereocenters. The van der Waals surface area contributed by atoms with E-state index in [1.165, 1.54) is 0 Å². The van der Waals surface area contributed by atoms with Gasteiger partial charge in [0.25, 0.3) is 0 Å². The van der Waals surface area contributed by atoms with Crippen molar-refractivity contribution in [1.82, 2.24) is 10.3 Å². The molecule has 20 heavy (non-hydrogen) atoms. The number of amides is 1. The number of para-hydroxylation sites is 1. The minimum Gasteiger partial charge on any atom is -0.439 e. The Bertz CT molecular complexity index is 577. The predicted molar refractivity (Wildman–Crippen MR) is 75.3 cm³/mol. The van der Waals surface area contributed by atoms with Crippen LogP contribution in [-0.4, -0.2) is 10.9 Å². The average Bonchev–Trinajstić information content (AvgIpc) is 3.32. The van der Waals surface area contributed by atoms with E-state index in [-0.39, 0.29) is 11.8 Å². The number of aromatic nitrogens is 1. The summed E-state index contributed by atoms with van der Waals surface area (Å²) in [4.78, 5) is 15.8. The van der Waals surface area contributed by atoms with Gasteiger partial charge >= 0.3 is 0 Å². The molecular weight excluding hydrogens is 252 g/mol. The molecule has 102 valence electrons. The van der Waals surface area contributed by atoms with E-state index in [1.54, 1.807) is 6.20 Å². The van der Waals surface area contributed by atoms with Crippen LogP contribution in [0, 0.1) is 5.92 Å². The number of nitrogens with one attached hydrogen (secondary N) is 1. The van der Waals surface area contributed by atoms with E-state index in [0.717, 1.165) is 24.2 Å². The number of pyridine rings is 1. The number of benzene rings is 1. The summed E-state index contributed by atoms with van der Waals surface area (Å²) in [7, 11) is 0. The lowest BCUT2D eigenvalue weighted by atomic mass is 10.2. The Morgan fingerprint density at radius 2 is 2.00 bits per heavy atom. The van der Waals surface area contributed by atoms with Crippen LogP contribution >= 0.6 is 0 Å². The number of nitrogens with zero attached hydrogens (tertiary/aromatic N) is 1. The zero-order valence-electron chi connectivity index (χ0n) is 11.1. The molecule has 0 aliphatic heterocycles. The third-order valence-corrected chi connectivity index (χ3v) is 3.18. The van der Waals surface area contributed by atoms with Gasteiger partial charge in [0.2, 0.25) is 11.8 Å². The highest BCUT2D eigenvalue weighted by Crippen LogP contribution is 2.28. The van der Waals surface area contributed by atoms with Gasteiger partial charge in [-0.2, -0.15) is 0 Å². The second kappa shape index (κ2) is 5.74. The summed E-state index contributed by atoms with van der Waals surface area (Å²) in [5.41, 5.74) is 0.972. The van der Waals surface area contributed by atoms with Crippen LogP contribution in [0.4, 0.5) is 0 Å². The van der Waals surface area contributed by atoms with Crippen LogP contribution in [0.2, 0.25) is 0 Å². The summed E-state index contributed by atoms with van der Waals surface area (Å²) in [5.74, 6) is 1.70. The number of hydrogen-bond donors (Lipinski definition) is 1. The standard InChI is InChI=1S/C16H16N2O2/c19-16(13-7-8-13)18-11-12-6-9-15(17-10-12)20-14-4-2-1-3-5-14/h1-6,9-10,13H,7-8,11H2,(H,18,19). The van der Waals surface area contributed by atoms with Crippen molar-refractivity contribution in [3.05, 3.63) is 54.2 Å². The fourth-order valence-electron chi connectivity index (χ4n) is 1.86. The second-order valence-corrected chi connectivity index (χ2v) is 4.91.